The summed E-state index contributed by atoms with van der Waals surface area (Å²) in [6, 6.07) is -5.59. The van der Waals surface area contributed by atoms with Crippen LogP contribution in [0.15, 0.2) is 30.0 Å². The zero-order valence-corrected chi connectivity index (χ0v) is 42.6. The van der Waals surface area contributed by atoms with Crippen molar-refractivity contribution in [3.05, 3.63) is 0 Å². The fourth-order valence-corrected chi connectivity index (χ4v) is 3.82. The van der Waals surface area contributed by atoms with Gasteiger partial charge in [-0.3, -0.25) is 30.0 Å². The van der Waals surface area contributed by atoms with Gasteiger partial charge in [-0.1, -0.05) is 0 Å². The molecule has 6 atom stereocenters. The molecule has 0 spiro atoms. The number of hydrogen-bond acceptors (Lipinski definition) is 24. The quantitative estimate of drug-likeness (QED) is 0.0137. The molecule has 0 radical (unpaired) electrons. The van der Waals surface area contributed by atoms with Crippen molar-refractivity contribution < 1.29 is 80.5 Å². The number of rotatable bonds is 30. The van der Waals surface area contributed by atoms with Gasteiger partial charge in [0.1, 0.15) is 0 Å². The molecule has 0 heterocycles. The summed E-state index contributed by atoms with van der Waals surface area (Å²) in [6.07, 6.45) is 5.12. The summed E-state index contributed by atoms with van der Waals surface area (Å²) in [5.41, 5.74) is 91.4. The number of carbonyl (C=O) groups is 6. The second-order valence-electron chi connectivity index (χ2n) is 14.2. The molecule has 0 aliphatic heterocycles. The van der Waals surface area contributed by atoms with Crippen LogP contribution in [0.4, 0.5) is 0 Å². The van der Waals surface area contributed by atoms with Crippen molar-refractivity contribution in [3.8, 4) is 0 Å². The van der Waals surface area contributed by atoms with E-state index >= 15 is 0 Å². The minimum Gasteiger partial charge on any atom is -0.548 e. The van der Waals surface area contributed by atoms with E-state index in [1.165, 1.54) is 0 Å². The summed E-state index contributed by atoms with van der Waals surface area (Å²) in [5.74, 6) is -7.52. The molecule has 36 N–H and O–H groups in total. The number of hydrogen-bond donors (Lipinski definition) is 18. The molecule has 37 heteroatoms. The van der Waals surface area contributed by atoms with Crippen LogP contribution in [0.5, 0.6) is 0 Å². The second-order valence-corrected chi connectivity index (χ2v) is 14.2. The Bertz CT molecular complexity index is 1380. The van der Waals surface area contributed by atoms with Crippen LogP contribution in [0.1, 0.15) is 77.0 Å². The Hall–Kier alpha value is -7.11. The molecule has 0 aliphatic rings. The summed E-state index contributed by atoms with van der Waals surface area (Å²) in [7, 11) is 0. The molecule has 0 saturated heterocycles. The van der Waals surface area contributed by atoms with Crippen LogP contribution in [0.2, 0.25) is 0 Å². The number of carboxylic acids is 6. The molecule has 426 valence electrons. The van der Waals surface area contributed by atoms with Gasteiger partial charge in [-0.2, -0.15) is 0 Å². The van der Waals surface area contributed by atoms with Gasteiger partial charge in [0.2, 0.25) is 0 Å². The van der Waals surface area contributed by atoms with E-state index in [0.29, 0.717) is 116 Å². The van der Waals surface area contributed by atoms with Gasteiger partial charge in [0, 0.05) is 96.6 Å². The normalized spacial score (nSPS) is 11.9. The van der Waals surface area contributed by atoms with Gasteiger partial charge in [0.05, 0.1) is 35.8 Å². The molecule has 0 rings (SSSR count). The van der Waals surface area contributed by atoms with E-state index in [-0.39, 0.29) is 56.8 Å². The van der Waals surface area contributed by atoms with Crippen molar-refractivity contribution in [2.24, 2.45) is 133 Å². The maximum atomic E-state index is 10.1. The van der Waals surface area contributed by atoms with Gasteiger partial charge in [-0.25, -0.2) is 0 Å². The molecule has 0 bridgehead atoms. The fourth-order valence-electron chi connectivity index (χ4n) is 3.82. The van der Waals surface area contributed by atoms with E-state index in [4.69, 9.17) is 103 Å². The Labute approximate surface area is 436 Å². The fraction of sp³-hybridized carbons (Fsp3) is 0.667. The van der Waals surface area contributed by atoms with E-state index in [9.17, 15) is 59.4 Å². The Morgan fingerprint density at radius 1 is 0.260 bits per heavy atom. The smallest absolute Gasteiger partial charge is 0.185 e. The average Bonchev–Trinajstić information content (AvgIpc) is 3.27. The maximum absolute atomic E-state index is 10.1. The number of guanidine groups is 6. The van der Waals surface area contributed by atoms with E-state index in [0.717, 1.165) is 0 Å². The van der Waals surface area contributed by atoms with E-state index in [1.54, 1.807) is 0 Å². The SMILES string of the molecule is NC(N)=NCCC[C@H](N)C(=O)[O-].NC(N)=NCCC[C@H](N)C(=O)[O-].NC(N)=NCCC[C@H](N)C(=O)[O-].NC(N)=NCCC[C@H](N)C(=O)[O-].NC(N)=NCCC[C@H](N)C(=O)[O-].NC(N)=NCCC[C@H](N)C(=O)[O-].[Mo]. The van der Waals surface area contributed by atoms with Crippen LogP contribution in [0.3, 0.4) is 0 Å². The van der Waals surface area contributed by atoms with Crippen molar-refractivity contribution in [2.45, 2.75) is 113 Å². The molecule has 0 aromatic heterocycles. The largest absolute Gasteiger partial charge is 0.548 e. The first kappa shape index (κ1) is 80.0. The Balaban J connectivity index is -0.000000143. The van der Waals surface area contributed by atoms with Gasteiger partial charge in [0.25, 0.3) is 0 Å². The number of nitrogens with zero attached hydrogens (tertiary/aromatic N) is 6. The standard InChI is InChI=1S/6C6H14N4O2.Mo/c6*7-4(5(11)12)2-1-3-10-6(8)9;/h6*4H,1-3,7H2,(H,11,12)(H4,8,9,10);/p-6/t6*4-;/m000000./s1. The Kier molecular flexibility index (Phi) is 57.8. The minimum absolute atomic E-state index is 0. The molecule has 0 aromatic carbocycles. The summed E-state index contributed by atoms with van der Waals surface area (Å²) in [6.45, 7) is 2.35. The van der Waals surface area contributed by atoms with E-state index in [2.05, 4.69) is 30.0 Å². The number of carboxylic acid groups (broad SMARTS) is 6. The van der Waals surface area contributed by atoms with Crippen molar-refractivity contribution >= 4 is 71.6 Å². The Morgan fingerprint density at radius 2 is 0.356 bits per heavy atom. The van der Waals surface area contributed by atoms with Gasteiger partial charge in [-0.15, -0.1) is 0 Å². The first-order chi connectivity index (χ1) is 33.2. The van der Waals surface area contributed by atoms with Crippen LogP contribution in [-0.4, -0.2) is 147 Å². The van der Waals surface area contributed by atoms with Gasteiger partial charge in [0.15, 0.2) is 35.8 Å². The molecule has 0 aromatic rings. The van der Waals surface area contributed by atoms with Crippen LogP contribution >= 0.6 is 0 Å². The summed E-state index contributed by atoms with van der Waals surface area (Å²) in [4.78, 5) is 82.6. The molecule has 0 saturated carbocycles. The van der Waals surface area contributed by atoms with Crippen LogP contribution in [-0.2, 0) is 49.8 Å². The average molecular weight is 1140 g/mol. The molecule has 73 heavy (non-hydrogen) atoms. The van der Waals surface area contributed by atoms with Gasteiger partial charge >= 0.3 is 0 Å². The first-order valence-corrected chi connectivity index (χ1v) is 21.3. The molecule has 0 unspecified atom stereocenters. The van der Waals surface area contributed by atoms with Crippen LogP contribution in [0.25, 0.3) is 0 Å². The molecular formula is C36H78MoN24O12-6. The van der Waals surface area contributed by atoms with Crippen molar-refractivity contribution in [1.29, 1.82) is 0 Å². The second kappa shape index (κ2) is 52.7. The monoisotopic (exact) mass is 1140 g/mol. The summed E-state index contributed by atoms with van der Waals surface area (Å²) in [5, 5.41) is 60.6. The predicted octanol–water partition coefficient (Wildman–Crippen LogP) is -17.3. The molecular weight excluding hydrogens is 1060 g/mol. The zero-order chi connectivity index (χ0) is 57.4. The molecule has 0 aliphatic carbocycles. The topological polar surface area (TPSA) is 783 Å². The number of aliphatic carboxylic acids is 6. The molecule has 0 amide bonds. The maximum Gasteiger partial charge on any atom is 0.185 e. The molecule has 0 fully saturated rings. The third kappa shape index (κ3) is 74.0. The predicted molar refractivity (Wildman–Crippen MR) is 257 cm³/mol. The van der Waals surface area contributed by atoms with Crippen LogP contribution in [0, 0.1) is 0 Å². The van der Waals surface area contributed by atoms with E-state index < -0.39 is 72.1 Å². The van der Waals surface area contributed by atoms with E-state index in [1.807, 2.05) is 0 Å². The van der Waals surface area contributed by atoms with Crippen LogP contribution < -0.4 is 134 Å². The molecule has 36 nitrogen and oxygen atoms in total. The number of nitrogens with two attached hydrogens (primary N) is 18. The van der Waals surface area contributed by atoms with Gasteiger partial charge in [-0.05, 0) is 77.0 Å². The third-order valence-electron chi connectivity index (χ3n) is 7.62. The summed E-state index contributed by atoms with van der Waals surface area (Å²) >= 11 is 0. The minimum atomic E-state index is -1.25. The van der Waals surface area contributed by atoms with Crippen molar-refractivity contribution in [1.82, 2.24) is 0 Å². The summed E-state index contributed by atoms with van der Waals surface area (Å²) < 4.78 is 0. The van der Waals surface area contributed by atoms with Crippen molar-refractivity contribution in [2.75, 3.05) is 39.3 Å². The van der Waals surface area contributed by atoms with Crippen molar-refractivity contribution in [3.63, 3.8) is 0 Å². The number of aliphatic imine (C=N–C) groups is 6. The zero-order valence-electron chi connectivity index (χ0n) is 40.6. The third-order valence-corrected chi connectivity index (χ3v) is 7.62. The first-order valence-electron chi connectivity index (χ1n) is 21.3. The van der Waals surface area contributed by atoms with Gasteiger partial charge < -0.3 is 163 Å². The number of carbonyl (C=O) groups excluding carboxylic acids is 6. The Morgan fingerprint density at radius 3 is 0.425 bits per heavy atom.